The van der Waals surface area contributed by atoms with Crippen LogP contribution in [0.15, 0.2) is 41.4 Å². The molecule has 37 heavy (non-hydrogen) atoms. The molecule has 1 fully saturated rings. The van der Waals surface area contributed by atoms with Crippen LogP contribution in [0.3, 0.4) is 0 Å². The molecule has 1 aromatic heterocycles. The first-order valence-electron chi connectivity index (χ1n) is 11.6. The van der Waals surface area contributed by atoms with Crippen LogP contribution in [-0.2, 0) is 22.2 Å². The van der Waals surface area contributed by atoms with Gasteiger partial charge in [-0.3, -0.25) is 9.78 Å². The highest BCUT2D eigenvalue weighted by Crippen LogP contribution is 2.46. The molecule has 0 bridgehead atoms. The molecule has 0 saturated heterocycles. The summed E-state index contributed by atoms with van der Waals surface area (Å²) >= 11 is 0. The Bertz CT molecular complexity index is 1260. The Hall–Kier alpha value is -2.63. The maximum absolute atomic E-state index is 13.2. The van der Waals surface area contributed by atoms with Crippen molar-refractivity contribution in [1.82, 2.24) is 10.3 Å². The second-order valence-electron chi connectivity index (χ2n) is 10.2. The van der Waals surface area contributed by atoms with Crippen molar-refractivity contribution >= 4 is 15.7 Å². The van der Waals surface area contributed by atoms with E-state index >= 15 is 0 Å². The molecule has 0 unspecified atom stereocenters. The molecule has 1 aliphatic carbocycles. The molecule has 2 aromatic rings. The SMILES string of the molecule is CC(C)c1cc(C(F)(F)F)cnc1C(=O)NCC1CC(C(C)(C)S(=O)(=O)c2cccc(C(F)(F)F)c2)C1. The number of carbonyl (C=O) groups excluding carboxylic acids is 1. The highest BCUT2D eigenvalue weighted by Gasteiger charge is 2.48. The fraction of sp³-hybridized carbons (Fsp3) is 0.520. The molecule has 0 aliphatic heterocycles. The van der Waals surface area contributed by atoms with Gasteiger partial charge in [-0.05, 0) is 74.3 Å². The van der Waals surface area contributed by atoms with Gasteiger partial charge in [0.15, 0.2) is 9.84 Å². The first-order chi connectivity index (χ1) is 16.9. The number of sulfone groups is 1. The zero-order valence-corrected chi connectivity index (χ0v) is 21.5. The summed E-state index contributed by atoms with van der Waals surface area (Å²) in [5.74, 6) is -1.46. The number of aromatic nitrogens is 1. The number of halogens is 6. The average Bonchev–Trinajstić information content (AvgIpc) is 2.76. The molecule has 1 aromatic carbocycles. The Labute approximate surface area is 211 Å². The zero-order valence-electron chi connectivity index (χ0n) is 20.7. The molecule has 5 nitrogen and oxygen atoms in total. The van der Waals surface area contributed by atoms with E-state index < -0.39 is 48.9 Å². The molecule has 1 amide bonds. The van der Waals surface area contributed by atoms with Crippen LogP contribution in [0.5, 0.6) is 0 Å². The third kappa shape index (κ3) is 5.94. The van der Waals surface area contributed by atoms with Crippen molar-refractivity contribution in [3.05, 3.63) is 58.9 Å². The first kappa shape index (κ1) is 28.9. The third-order valence-electron chi connectivity index (χ3n) is 7.02. The summed E-state index contributed by atoms with van der Waals surface area (Å²) in [4.78, 5) is 16.0. The van der Waals surface area contributed by atoms with Gasteiger partial charge in [-0.1, -0.05) is 19.9 Å². The smallest absolute Gasteiger partial charge is 0.350 e. The molecule has 0 spiro atoms. The number of carbonyl (C=O) groups is 1. The average molecular weight is 551 g/mol. The van der Waals surface area contributed by atoms with Crippen molar-refractivity contribution in [1.29, 1.82) is 0 Å². The van der Waals surface area contributed by atoms with Crippen LogP contribution < -0.4 is 5.32 Å². The van der Waals surface area contributed by atoms with Gasteiger partial charge in [-0.25, -0.2) is 8.42 Å². The van der Waals surface area contributed by atoms with Crippen LogP contribution >= 0.6 is 0 Å². The van der Waals surface area contributed by atoms with Gasteiger partial charge >= 0.3 is 12.4 Å². The Balaban J connectivity index is 1.66. The molecule has 1 heterocycles. The van der Waals surface area contributed by atoms with Crippen molar-refractivity contribution in [2.45, 2.75) is 68.4 Å². The highest BCUT2D eigenvalue weighted by atomic mass is 32.2. The van der Waals surface area contributed by atoms with Gasteiger partial charge in [0.2, 0.25) is 0 Å². The summed E-state index contributed by atoms with van der Waals surface area (Å²) in [5.41, 5.74) is -1.94. The monoisotopic (exact) mass is 550 g/mol. The molecule has 12 heteroatoms. The van der Waals surface area contributed by atoms with Crippen molar-refractivity contribution in [2.75, 3.05) is 6.54 Å². The van der Waals surface area contributed by atoms with Crippen LogP contribution in [0.1, 0.15) is 73.6 Å². The molecule has 3 rings (SSSR count). The van der Waals surface area contributed by atoms with E-state index in [2.05, 4.69) is 10.3 Å². The Morgan fingerprint density at radius 3 is 2.16 bits per heavy atom. The summed E-state index contributed by atoms with van der Waals surface area (Å²) in [6.07, 6.45) is -7.84. The van der Waals surface area contributed by atoms with E-state index in [1.165, 1.54) is 13.8 Å². The molecular weight excluding hydrogens is 522 g/mol. The Morgan fingerprint density at radius 1 is 1.03 bits per heavy atom. The summed E-state index contributed by atoms with van der Waals surface area (Å²) in [5, 5.41) is 2.66. The number of pyridine rings is 1. The number of alkyl halides is 6. The van der Waals surface area contributed by atoms with E-state index in [4.69, 9.17) is 0 Å². The second kappa shape index (κ2) is 9.92. The highest BCUT2D eigenvalue weighted by molar-refractivity contribution is 7.92. The molecule has 1 saturated carbocycles. The number of nitrogens with zero attached hydrogens (tertiary/aromatic N) is 1. The molecule has 1 aliphatic rings. The minimum Gasteiger partial charge on any atom is -0.350 e. The lowest BCUT2D eigenvalue weighted by Gasteiger charge is -2.44. The number of benzene rings is 1. The maximum Gasteiger partial charge on any atom is 0.417 e. The van der Waals surface area contributed by atoms with Gasteiger partial charge in [0, 0.05) is 12.7 Å². The topological polar surface area (TPSA) is 76.1 Å². The van der Waals surface area contributed by atoms with Gasteiger partial charge < -0.3 is 5.32 Å². The summed E-state index contributed by atoms with van der Waals surface area (Å²) in [6, 6.07) is 4.56. The number of nitrogens with one attached hydrogen (secondary N) is 1. The lowest BCUT2D eigenvalue weighted by Crippen LogP contribution is -2.48. The summed E-state index contributed by atoms with van der Waals surface area (Å²) in [7, 11) is -4.10. The largest absolute Gasteiger partial charge is 0.417 e. The molecule has 0 atom stereocenters. The fourth-order valence-corrected chi connectivity index (χ4v) is 6.20. The second-order valence-corrected chi connectivity index (χ2v) is 12.7. The summed E-state index contributed by atoms with van der Waals surface area (Å²) in [6.45, 7) is 6.41. The van der Waals surface area contributed by atoms with Gasteiger partial charge in [0.25, 0.3) is 5.91 Å². The van der Waals surface area contributed by atoms with E-state index in [0.29, 0.717) is 25.1 Å². The van der Waals surface area contributed by atoms with Crippen LogP contribution in [0.25, 0.3) is 0 Å². The lowest BCUT2D eigenvalue weighted by atomic mass is 9.69. The Kier molecular flexibility index (Phi) is 7.76. The van der Waals surface area contributed by atoms with Crippen molar-refractivity contribution in [2.24, 2.45) is 11.8 Å². The quantitative estimate of drug-likeness (QED) is 0.414. The van der Waals surface area contributed by atoms with E-state index in [0.717, 1.165) is 24.3 Å². The minimum absolute atomic E-state index is 0.0955. The predicted molar refractivity (Wildman–Crippen MR) is 125 cm³/mol. The van der Waals surface area contributed by atoms with Gasteiger partial charge in [-0.2, -0.15) is 26.3 Å². The number of hydrogen-bond acceptors (Lipinski definition) is 4. The van der Waals surface area contributed by atoms with Crippen molar-refractivity contribution in [3.8, 4) is 0 Å². The van der Waals surface area contributed by atoms with Gasteiger partial charge in [-0.15, -0.1) is 0 Å². The van der Waals surface area contributed by atoms with E-state index in [1.807, 2.05) is 0 Å². The maximum atomic E-state index is 13.2. The molecule has 0 radical (unpaired) electrons. The van der Waals surface area contributed by atoms with Crippen LogP contribution in [0.2, 0.25) is 0 Å². The van der Waals surface area contributed by atoms with Crippen LogP contribution in [0, 0.1) is 11.8 Å². The van der Waals surface area contributed by atoms with Crippen molar-refractivity contribution < 1.29 is 39.6 Å². The number of rotatable bonds is 7. The fourth-order valence-electron chi connectivity index (χ4n) is 4.42. The third-order valence-corrected chi connectivity index (χ3v) is 9.61. The lowest BCUT2D eigenvalue weighted by molar-refractivity contribution is -0.138. The summed E-state index contributed by atoms with van der Waals surface area (Å²) < 4.78 is 103. The van der Waals surface area contributed by atoms with Gasteiger partial charge in [0.1, 0.15) is 5.69 Å². The van der Waals surface area contributed by atoms with Crippen molar-refractivity contribution in [3.63, 3.8) is 0 Å². The first-order valence-corrected chi connectivity index (χ1v) is 13.1. The number of hydrogen-bond donors (Lipinski definition) is 1. The zero-order chi connectivity index (χ0) is 28.0. The van der Waals surface area contributed by atoms with Crippen LogP contribution in [0.4, 0.5) is 26.3 Å². The van der Waals surface area contributed by atoms with E-state index in [1.54, 1.807) is 13.8 Å². The van der Waals surface area contributed by atoms with Crippen LogP contribution in [-0.4, -0.2) is 30.6 Å². The normalized spacial score (nSPS) is 19.0. The minimum atomic E-state index is -4.67. The van der Waals surface area contributed by atoms with E-state index in [9.17, 15) is 39.6 Å². The van der Waals surface area contributed by atoms with E-state index in [-0.39, 0.29) is 35.6 Å². The molecule has 1 N–H and O–H groups in total. The molecular formula is C25H28F6N2O3S. The predicted octanol–water partition coefficient (Wildman–Crippen LogP) is 6.25. The molecule has 204 valence electrons. The number of amides is 1. The Morgan fingerprint density at radius 2 is 1.62 bits per heavy atom. The standard InChI is InChI=1S/C25H28F6N2O3S/c1-14(2)20-11-18(25(29,30)31)13-32-21(20)22(34)33-12-15-8-17(9-15)23(3,4)37(35,36)19-7-5-6-16(10-19)24(26,27)28/h5-7,10-11,13-15,17H,8-9,12H2,1-4H3,(H,33,34). The van der Waals surface area contributed by atoms with Gasteiger partial charge in [0.05, 0.1) is 20.8 Å².